The van der Waals surface area contributed by atoms with Crippen molar-refractivity contribution < 1.29 is 19.1 Å². The van der Waals surface area contributed by atoms with Crippen molar-refractivity contribution in [3.8, 4) is 0 Å². The lowest BCUT2D eigenvalue weighted by atomic mass is 9.83. The van der Waals surface area contributed by atoms with E-state index in [1.54, 1.807) is 0 Å². The van der Waals surface area contributed by atoms with Crippen LogP contribution in [0.2, 0.25) is 0 Å². The van der Waals surface area contributed by atoms with Crippen LogP contribution in [0.1, 0.15) is 91.9 Å². The minimum atomic E-state index is -0.406. The largest absolute Gasteiger partial charge is 0.465 e. The Morgan fingerprint density at radius 2 is 1.18 bits per heavy atom. The second-order valence-electron chi connectivity index (χ2n) is 8.25. The molecule has 0 aromatic carbocycles. The number of ether oxygens (including phenoxy) is 2. The minimum Gasteiger partial charge on any atom is -0.465 e. The molecule has 0 bridgehead atoms. The average Bonchev–Trinajstić information content (AvgIpc) is 2.73. The topological polar surface area (TPSA) is 52.6 Å². The van der Waals surface area contributed by atoms with Crippen molar-refractivity contribution in [2.24, 2.45) is 23.7 Å². The molecular weight excluding hydrogens is 352 g/mol. The summed E-state index contributed by atoms with van der Waals surface area (Å²) in [5.41, 5.74) is 0. The molecule has 0 aromatic rings. The lowest BCUT2D eigenvalue weighted by molar-refractivity contribution is -0.162. The van der Waals surface area contributed by atoms with Crippen molar-refractivity contribution in [3.05, 3.63) is 12.2 Å². The van der Waals surface area contributed by atoms with Gasteiger partial charge in [-0.3, -0.25) is 9.59 Å². The number of carbonyl (C=O) groups excluding carboxylic acids is 2. The van der Waals surface area contributed by atoms with Crippen molar-refractivity contribution in [1.29, 1.82) is 0 Å². The highest BCUT2D eigenvalue weighted by molar-refractivity contribution is 5.82. The molecular formula is C24H42O4. The third-order valence-electron chi connectivity index (χ3n) is 6.05. The van der Waals surface area contributed by atoms with Gasteiger partial charge in [0.2, 0.25) is 0 Å². The summed E-state index contributed by atoms with van der Waals surface area (Å²) in [6.45, 7) is 9.56. The van der Waals surface area contributed by atoms with Gasteiger partial charge in [-0.25, -0.2) is 0 Å². The molecule has 0 unspecified atom stereocenters. The summed E-state index contributed by atoms with van der Waals surface area (Å²) in [6.07, 6.45) is 13.9. The van der Waals surface area contributed by atoms with E-state index >= 15 is 0 Å². The normalized spacial score (nSPS) is 21.1. The molecule has 1 aliphatic rings. The van der Waals surface area contributed by atoms with E-state index in [0.717, 1.165) is 51.4 Å². The second kappa shape index (κ2) is 14.6. The third kappa shape index (κ3) is 8.79. The quantitative estimate of drug-likeness (QED) is 0.264. The Labute approximate surface area is 172 Å². The van der Waals surface area contributed by atoms with E-state index < -0.39 is 11.8 Å². The summed E-state index contributed by atoms with van der Waals surface area (Å²) in [5, 5.41) is 0. The van der Waals surface area contributed by atoms with Crippen LogP contribution in [0, 0.1) is 23.7 Å². The zero-order valence-electron chi connectivity index (χ0n) is 18.6. The first-order chi connectivity index (χ1) is 13.6. The number of hydrogen-bond donors (Lipinski definition) is 0. The molecule has 0 spiro atoms. The van der Waals surface area contributed by atoms with Crippen LogP contribution in [0.4, 0.5) is 0 Å². The van der Waals surface area contributed by atoms with Gasteiger partial charge in [0.15, 0.2) is 0 Å². The summed E-state index contributed by atoms with van der Waals surface area (Å²) in [4.78, 5) is 25.4. The molecule has 0 heterocycles. The van der Waals surface area contributed by atoms with Crippen molar-refractivity contribution in [2.75, 3.05) is 13.2 Å². The molecule has 28 heavy (non-hydrogen) atoms. The number of esters is 2. The van der Waals surface area contributed by atoms with Gasteiger partial charge in [-0.1, -0.05) is 78.4 Å². The van der Waals surface area contributed by atoms with Gasteiger partial charge in [0, 0.05) is 0 Å². The first-order valence-electron chi connectivity index (χ1n) is 11.5. The Hall–Kier alpha value is -1.32. The smallest absolute Gasteiger partial charge is 0.310 e. The Morgan fingerprint density at radius 3 is 1.50 bits per heavy atom. The molecule has 0 aliphatic heterocycles. The van der Waals surface area contributed by atoms with Gasteiger partial charge < -0.3 is 9.47 Å². The van der Waals surface area contributed by atoms with E-state index in [1.165, 1.54) is 0 Å². The number of unbranched alkanes of at least 4 members (excludes halogenated alkanes) is 2. The zero-order chi connectivity index (χ0) is 20.8. The molecule has 0 saturated heterocycles. The number of carbonyl (C=O) groups is 2. The van der Waals surface area contributed by atoms with E-state index in [1.807, 2.05) is 12.2 Å². The highest BCUT2D eigenvalue weighted by Gasteiger charge is 2.36. The fourth-order valence-electron chi connectivity index (χ4n) is 3.75. The van der Waals surface area contributed by atoms with Gasteiger partial charge in [-0.15, -0.1) is 0 Å². The summed E-state index contributed by atoms with van der Waals surface area (Å²) >= 11 is 0. The maximum Gasteiger partial charge on any atom is 0.310 e. The molecule has 1 aliphatic carbocycles. The zero-order valence-corrected chi connectivity index (χ0v) is 18.6. The van der Waals surface area contributed by atoms with Gasteiger partial charge in [0.1, 0.15) is 0 Å². The van der Waals surface area contributed by atoms with Gasteiger partial charge in [-0.05, 0) is 37.5 Å². The molecule has 0 fully saturated rings. The van der Waals surface area contributed by atoms with Crippen molar-refractivity contribution >= 4 is 11.9 Å². The molecule has 162 valence electrons. The molecule has 4 atom stereocenters. The van der Waals surface area contributed by atoms with Crippen molar-refractivity contribution in [3.63, 3.8) is 0 Å². The molecule has 4 heteroatoms. The molecule has 0 N–H and O–H groups in total. The number of rotatable bonds is 14. The molecule has 4 nitrogen and oxygen atoms in total. The van der Waals surface area contributed by atoms with Gasteiger partial charge in [0.05, 0.1) is 25.0 Å². The van der Waals surface area contributed by atoms with Crippen LogP contribution in [0.15, 0.2) is 12.2 Å². The lowest BCUT2D eigenvalue weighted by Crippen LogP contribution is -2.35. The van der Waals surface area contributed by atoms with Crippen LogP contribution >= 0.6 is 0 Å². The lowest BCUT2D eigenvalue weighted by Gasteiger charge is -2.27. The number of allylic oxidation sites excluding steroid dienone is 2. The van der Waals surface area contributed by atoms with Crippen LogP contribution in [0.5, 0.6) is 0 Å². The van der Waals surface area contributed by atoms with Gasteiger partial charge in [0.25, 0.3) is 0 Å². The van der Waals surface area contributed by atoms with E-state index in [2.05, 4.69) is 27.7 Å². The monoisotopic (exact) mass is 394 g/mol. The summed E-state index contributed by atoms with van der Waals surface area (Å²) < 4.78 is 11.3. The van der Waals surface area contributed by atoms with Gasteiger partial charge in [-0.2, -0.15) is 0 Å². The maximum absolute atomic E-state index is 12.7. The minimum absolute atomic E-state index is 0.237. The van der Waals surface area contributed by atoms with Crippen molar-refractivity contribution in [2.45, 2.75) is 91.9 Å². The fraction of sp³-hybridized carbons (Fsp3) is 0.833. The molecule has 0 saturated carbocycles. The molecule has 0 radical (unpaired) electrons. The molecule has 0 amide bonds. The number of hydrogen-bond acceptors (Lipinski definition) is 4. The fourth-order valence-corrected chi connectivity index (χ4v) is 3.75. The van der Waals surface area contributed by atoms with Crippen LogP contribution in [-0.4, -0.2) is 25.2 Å². The summed E-state index contributed by atoms with van der Waals surface area (Å²) in [5.74, 6) is -0.457. The average molecular weight is 395 g/mol. The third-order valence-corrected chi connectivity index (χ3v) is 6.05. The van der Waals surface area contributed by atoms with Crippen LogP contribution in [0.3, 0.4) is 0 Å². The Morgan fingerprint density at radius 1 is 0.786 bits per heavy atom. The first-order valence-corrected chi connectivity index (χ1v) is 11.5. The van der Waals surface area contributed by atoms with Crippen LogP contribution in [0.25, 0.3) is 0 Å². The van der Waals surface area contributed by atoms with E-state index in [9.17, 15) is 9.59 Å². The molecule has 1 rings (SSSR count). The van der Waals surface area contributed by atoms with E-state index in [-0.39, 0.29) is 11.9 Å². The van der Waals surface area contributed by atoms with E-state index in [0.29, 0.717) is 37.9 Å². The van der Waals surface area contributed by atoms with E-state index in [4.69, 9.17) is 9.47 Å². The second-order valence-corrected chi connectivity index (χ2v) is 8.25. The van der Waals surface area contributed by atoms with Crippen LogP contribution < -0.4 is 0 Å². The Balaban J connectivity index is 2.56. The Bertz CT molecular complexity index is 429. The maximum atomic E-state index is 12.7. The first kappa shape index (κ1) is 24.7. The highest BCUT2D eigenvalue weighted by atomic mass is 16.5. The van der Waals surface area contributed by atoms with Crippen molar-refractivity contribution in [1.82, 2.24) is 0 Å². The highest BCUT2D eigenvalue weighted by Crippen LogP contribution is 2.29. The summed E-state index contributed by atoms with van der Waals surface area (Å²) in [7, 11) is 0. The molecule has 0 aromatic heterocycles. The van der Waals surface area contributed by atoms with Gasteiger partial charge >= 0.3 is 11.9 Å². The SMILES string of the molecule is CCCC[C@@H](CC)COC(=O)[C@@H]1CC=CC[C@H]1C(=O)OC[C@@H](CC)CCCC. The predicted molar refractivity (Wildman–Crippen MR) is 114 cm³/mol. The van der Waals surface area contributed by atoms with Crippen LogP contribution in [-0.2, 0) is 19.1 Å². The predicted octanol–water partition coefficient (Wildman–Crippen LogP) is 6.09. The Kier molecular flexibility index (Phi) is 12.9. The summed E-state index contributed by atoms with van der Waals surface area (Å²) in [6, 6.07) is 0. The standard InChI is InChI=1S/C24H42O4/c1-5-9-13-19(7-3)17-27-23(25)21-15-11-12-16-22(21)24(26)28-18-20(8-4)14-10-6-2/h11-12,19-22H,5-10,13-18H2,1-4H3/t19-,20+,21-,22-/m1/s1.